The largest absolute Gasteiger partial charge is 0.339 e. The average Bonchev–Trinajstić information content (AvgIpc) is 3.25. The summed E-state index contributed by atoms with van der Waals surface area (Å²) in [5, 5.41) is 11.2. The lowest BCUT2D eigenvalue weighted by molar-refractivity contribution is 0.102. The number of nitrogens with one attached hydrogen (secondary N) is 1. The minimum Gasteiger partial charge on any atom is -0.339 e. The molecule has 0 aliphatic heterocycles. The zero-order valence-corrected chi connectivity index (χ0v) is 18.0. The number of nitrogens with zero attached hydrogens (tertiary/aromatic N) is 6. The van der Waals surface area contributed by atoms with Gasteiger partial charge in [0.05, 0.1) is 35.1 Å². The van der Waals surface area contributed by atoms with Crippen LogP contribution in [0.5, 0.6) is 0 Å². The van der Waals surface area contributed by atoms with Crippen LogP contribution in [-0.4, -0.2) is 41.8 Å². The lowest BCUT2D eigenvalue weighted by Crippen LogP contribution is -2.12. The fraction of sp³-hybridized carbons (Fsp3) is 0.167. The Hall–Kier alpha value is -4.47. The van der Waals surface area contributed by atoms with Crippen molar-refractivity contribution in [3.05, 3.63) is 78.3 Å². The summed E-state index contributed by atoms with van der Waals surface area (Å²) in [6.45, 7) is 1.89. The molecule has 168 valence electrons. The van der Waals surface area contributed by atoms with Gasteiger partial charge in [0, 0.05) is 35.4 Å². The van der Waals surface area contributed by atoms with Gasteiger partial charge in [-0.15, -0.1) is 0 Å². The number of fused-ring (bicyclic) bond motifs is 1. The molecule has 0 bridgehead atoms. The Bertz CT molecular complexity index is 1530. The van der Waals surface area contributed by atoms with Gasteiger partial charge in [0.1, 0.15) is 6.17 Å². The van der Waals surface area contributed by atoms with Crippen LogP contribution in [0.15, 0.2) is 65.8 Å². The zero-order valence-electron chi connectivity index (χ0n) is 18.0. The van der Waals surface area contributed by atoms with E-state index in [1.165, 1.54) is 6.20 Å². The van der Waals surface area contributed by atoms with Crippen molar-refractivity contribution in [2.45, 2.75) is 25.4 Å². The number of alkyl halides is 1. The molecule has 1 fully saturated rings. The van der Waals surface area contributed by atoms with Crippen molar-refractivity contribution in [2.75, 3.05) is 5.32 Å². The molecule has 1 N–H and O–H groups in total. The van der Waals surface area contributed by atoms with Crippen molar-refractivity contribution in [3.63, 3.8) is 0 Å². The summed E-state index contributed by atoms with van der Waals surface area (Å²) in [7, 11) is 0. The maximum absolute atomic E-state index is 13.3. The van der Waals surface area contributed by atoms with Gasteiger partial charge in [-0.3, -0.25) is 14.8 Å². The number of aryl methyl sites for hydroxylation is 1. The van der Waals surface area contributed by atoms with Gasteiger partial charge in [0.2, 0.25) is 11.7 Å². The first kappa shape index (κ1) is 20.2. The normalized spacial score (nSPS) is 17.1. The number of hydrogen-bond acceptors (Lipinski definition) is 7. The summed E-state index contributed by atoms with van der Waals surface area (Å²) in [4.78, 5) is 25.9. The Kier molecular flexibility index (Phi) is 4.65. The van der Waals surface area contributed by atoms with E-state index in [4.69, 9.17) is 4.52 Å². The molecule has 1 aromatic carbocycles. The molecule has 0 spiro atoms. The molecule has 4 aromatic heterocycles. The number of aromatic nitrogens is 6. The van der Waals surface area contributed by atoms with Gasteiger partial charge in [-0.25, -0.2) is 8.91 Å². The third kappa shape index (κ3) is 3.58. The van der Waals surface area contributed by atoms with E-state index in [2.05, 4.69) is 30.5 Å². The Morgan fingerprint density at radius 3 is 2.85 bits per heavy atom. The molecule has 10 heteroatoms. The third-order valence-corrected chi connectivity index (χ3v) is 5.84. The summed E-state index contributed by atoms with van der Waals surface area (Å²) in [6, 6.07) is 9.19. The second-order valence-electron chi connectivity index (χ2n) is 8.19. The molecule has 34 heavy (non-hydrogen) atoms. The number of halogens is 1. The van der Waals surface area contributed by atoms with Crippen LogP contribution in [-0.2, 0) is 0 Å². The number of carbonyl (C=O) groups excluding carboxylic acids is 1. The first-order valence-electron chi connectivity index (χ1n) is 10.7. The number of anilines is 1. The molecule has 2 atom stereocenters. The van der Waals surface area contributed by atoms with Crippen molar-refractivity contribution < 1.29 is 13.7 Å². The molecular weight excluding hydrogens is 437 g/mol. The van der Waals surface area contributed by atoms with Crippen LogP contribution in [0.2, 0.25) is 0 Å². The first-order valence-corrected chi connectivity index (χ1v) is 10.7. The summed E-state index contributed by atoms with van der Waals surface area (Å²) in [5.41, 5.74) is 4.72. The van der Waals surface area contributed by atoms with Crippen molar-refractivity contribution in [1.82, 2.24) is 29.7 Å². The lowest BCUT2D eigenvalue weighted by Gasteiger charge is -2.09. The Morgan fingerprint density at radius 2 is 2.06 bits per heavy atom. The highest BCUT2D eigenvalue weighted by molar-refractivity contribution is 6.09. The summed E-state index contributed by atoms with van der Waals surface area (Å²) in [5.74, 6) is 0.0416. The molecule has 0 unspecified atom stereocenters. The lowest BCUT2D eigenvalue weighted by atomic mass is 10.1. The predicted molar refractivity (Wildman–Crippen MR) is 121 cm³/mol. The van der Waals surface area contributed by atoms with E-state index in [9.17, 15) is 9.18 Å². The number of carbonyl (C=O) groups is 1. The van der Waals surface area contributed by atoms with Crippen LogP contribution >= 0.6 is 0 Å². The number of amides is 1. The van der Waals surface area contributed by atoms with E-state index >= 15 is 0 Å². The number of hydrogen-bond donors (Lipinski definition) is 1. The van der Waals surface area contributed by atoms with Gasteiger partial charge >= 0.3 is 0 Å². The Balaban J connectivity index is 1.29. The maximum Gasteiger partial charge on any atom is 0.259 e. The van der Waals surface area contributed by atoms with Gasteiger partial charge in [0.25, 0.3) is 5.91 Å². The minimum absolute atomic E-state index is 0.305. The Labute approximate surface area is 192 Å². The van der Waals surface area contributed by atoms with Gasteiger partial charge in [-0.1, -0.05) is 17.3 Å². The predicted octanol–water partition coefficient (Wildman–Crippen LogP) is 4.23. The fourth-order valence-corrected chi connectivity index (χ4v) is 3.77. The summed E-state index contributed by atoms with van der Waals surface area (Å²) < 4.78 is 20.2. The maximum atomic E-state index is 13.3. The highest BCUT2D eigenvalue weighted by atomic mass is 19.1. The zero-order chi connectivity index (χ0) is 23.2. The molecule has 1 aliphatic rings. The van der Waals surface area contributed by atoms with E-state index in [0.717, 1.165) is 11.1 Å². The molecule has 0 saturated heterocycles. The van der Waals surface area contributed by atoms with Crippen LogP contribution in [0.3, 0.4) is 0 Å². The molecule has 4 heterocycles. The quantitative estimate of drug-likeness (QED) is 0.422. The van der Waals surface area contributed by atoms with Crippen LogP contribution in [0, 0.1) is 6.92 Å². The highest BCUT2D eigenvalue weighted by Crippen LogP contribution is 2.43. The van der Waals surface area contributed by atoms with Crippen LogP contribution < -0.4 is 5.32 Å². The van der Waals surface area contributed by atoms with Gasteiger partial charge in [-0.2, -0.15) is 10.1 Å². The van der Waals surface area contributed by atoms with Gasteiger partial charge in [-0.05, 0) is 37.1 Å². The van der Waals surface area contributed by atoms with E-state index in [-0.39, 0.29) is 11.8 Å². The van der Waals surface area contributed by atoms with Crippen LogP contribution in [0.1, 0.15) is 34.2 Å². The van der Waals surface area contributed by atoms with Gasteiger partial charge in [0.15, 0.2) is 0 Å². The van der Waals surface area contributed by atoms with Crippen LogP contribution in [0.4, 0.5) is 10.1 Å². The van der Waals surface area contributed by atoms with E-state index in [1.807, 2.05) is 31.2 Å². The van der Waals surface area contributed by atoms with Crippen molar-refractivity contribution in [1.29, 1.82) is 0 Å². The molecule has 0 radical (unpaired) electrons. The monoisotopic (exact) mass is 455 g/mol. The number of benzene rings is 1. The first-order chi connectivity index (χ1) is 16.6. The molecule has 1 saturated carbocycles. The SMILES string of the molecule is Cc1ccc(-c2noc([C@H]3C[C@@H]3F)n2)cc1NC(=O)c1cnn2ccc(-c3cnccn3)cc12. The third-order valence-electron chi connectivity index (χ3n) is 5.84. The van der Waals surface area contributed by atoms with E-state index in [0.29, 0.717) is 46.2 Å². The standard InChI is InChI=1S/C24H18FN7O2/c1-13-2-3-15(22-30-24(34-31-22)16-10-18(16)25)8-19(13)29-23(33)17-11-28-32-7-4-14(9-21(17)32)20-12-26-5-6-27-20/h2-9,11-12,16,18H,10H2,1H3,(H,29,33)/t16-,18-/m0/s1. The molecule has 9 nitrogen and oxygen atoms in total. The second kappa shape index (κ2) is 7.84. The molecule has 1 amide bonds. The van der Waals surface area contributed by atoms with Crippen molar-refractivity contribution >= 4 is 17.1 Å². The van der Waals surface area contributed by atoms with Crippen LogP contribution in [0.25, 0.3) is 28.2 Å². The summed E-state index contributed by atoms with van der Waals surface area (Å²) >= 11 is 0. The Morgan fingerprint density at radius 1 is 1.18 bits per heavy atom. The van der Waals surface area contributed by atoms with Gasteiger partial charge < -0.3 is 9.84 Å². The molecule has 6 rings (SSSR count). The number of pyridine rings is 1. The summed E-state index contributed by atoms with van der Waals surface area (Å²) in [6.07, 6.45) is 7.69. The minimum atomic E-state index is -0.915. The van der Waals surface area contributed by atoms with E-state index in [1.54, 1.807) is 35.4 Å². The molecular formula is C24H18FN7O2. The molecule has 1 aliphatic carbocycles. The topological polar surface area (TPSA) is 111 Å². The fourth-order valence-electron chi connectivity index (χ4n) is 3.77. The highest BCUT2D eigenvalue weighted by Gasteiger charge is 2.43. The van der Waals surface area contributed by atoms with Crippen molar-refractivity contribution in [2.24, 2.45) is 0 Å². The number of rotatable bonds is 5. The van der Waals surface area contributed by atoms with Crippen molar-refractivity contribution in [3.8, 4) is 22.6 Å². The average molecular weight is 455 g/mol. The molecule has 5 aromatic rings. The smallest absolute Gasteiger partial charge is 0.259 e. The second-order valence-corrected chi connectivity index (χ2v) is 8.19. The van der Waals surface area contributed by atoms with E-state index < -0.39 is 6.17 Å².